The number of esters is 1. The number of ketones is 1. The summed E-state index contributed by atoms with van der Waals surface area (Å²) in [5.74, 6) is 1.64. The van der Waals surface area contributed by atoms with Crippen molar-refractivity contribution in [1.82, 2.24) is 0 Å². The number of hydrogen-bond donors (Lipinski definition) is 0. The van der Waals surface area contributed by atoms with Gasteiger partial charge < -0.3 is 4.74 Å². The SMILES string of the molecule is CC(=O)O[C@H]1CC[C@@]2(C)C(CC[C@]3(C)[C@@H]2CC[C@@H]2C4=C(C(C)C)C(=O)C[C@]4(CC[N+](=O)[O-])CC[C@]23C)C1(C)C. The standard InChI is InChI=1S/C33H51NO5/c1-20(2)27-23(36)19-33(17-18-34(37)38)16-15-31(7)22(28(27)33)9-10-25-30(6)13-12-26(39-21(3)35)29(4,5)24(30)11-14-32(25,31)8/h20,22,24-26H,9-19H2,1-8H3/t22-,24?,25-,26+,30+,31-,32-,33-/m1/s1. The average Bonchev–Trinajstić information content (AvgIpc) is 3.12. The van der Waals surface area contributed by atoms with Crippen molar-refractivity contribution in [3.05, 3.63) is 21.3 Å². The van der Waals surface area contributed by atoms with E-state index in [1.807, 2.05) is 0 Å². The van der Waals surface area contributed by atoms with Gasteiger partial charge in [0.05, 0.1) is 0 Å². The van der Waals surface area contributed by atoms with Gasteiger partial charge in [-0.3, -0.25) is 19.7 Å². The molecule has 5 aliphatic rings. The highest BCUT2D eigenvalue weighted by atomic mass is 16.6. The highest BCUT2D eigenvalue weighted by Gasteiger charge is 2.70. The summed E-state index contributed by atoms with van der Waals surface area (Å²) in [5.41, 5.74) is 2.36. The van der Waals surface area contributed by atoms with Crippen molar-refractivity contribution in [3.63, 3.8) is 0 Å². The van der Waals surface area contributed by atoms with Crippen LogP contribution >= 0.6 is 0 Å². The second-order valence-corrected chi connectivity index (χ2v) is 15.7. The molecule has 39 heavy (non-hydrogen) atoms. The molecule has 0 spiro atoms. The van der Waals surface area contributed by atoms with Gasteiger partial charge in [0.25, 0.3) is 0 Å². The number of carbonyl (C=O) groups excluding carboxylic acids is 2. The van der Waals surface area contributed by atoms with Crippen molar-refractivity contribution in [2.24, 2.45) is 50.7 Å². The normalized spacial score (nSPS) is 44.8. The van der Waals surface area contributed by atoms with Crippen LogP contribution in [0.5, 0.6) is 0 Å². The smallest absolute Gasteiger partial charge is 0.302 e. The van der Waals surface area contributed by atoms with Gasteiger partial charge in [-0.25, -0.2) is 0 Å². The summed E-state index contributed by atoms with van der Waals surface area (Å²) < 4.78 is 5.88. The van der Waals surface area contributed by atoms with E-state index in [1.54, 1.807) is 0 Å². The van der Waals surface area contributed by atoms with Crippen molar-refractivity contribution in [1.29, 1.82) is 0 Å². The third-order valence-electron chi connectivity index (χ3n) is 13.6. The molecule has 0 aromatic rings. The van der Waals surface area contributed by atoms with Gasteiger partial charge in [-0.2, -0.15) is 0 Å². The summed E-state index contributed by atoms with van der Waals surface area (Å²) in [5, 5.41) is 11.5. The van der Waals surface area contributed by atoms with E-state index in [9.17, 15) is 19.7 Å². The Morgan fingerprint density at radius 1 is 0.974 bits per heavy atom. The Bertz CT molecular complexity index is 1110. The molecule has 0 aromatic heterocycles. The van der Waals surface area contributed by atoms with E-state index in [-0.39, 0.29) is 62.3 Å². The van der Waals surface area contributed by atoms with Crippen molar-refractivity contribution in [2.75, 3.05) is 6.54 Å². The Morgan fingerprint density at radius 2 is 1.67 bits per heavy atom. The zero-order valence-corrected chi connectivity index (χ0v) is 25.7. The number of nitrogens with zero attached hydrogens (tertiary/aromatic N) is 1. The topological polar surface area (TPSA) is 86.5 Å². The summed E-state index contributed by atoms with van der Waals surface area (Å²) in [7, 11) is 0. The van der Waals surface area contributed by atoms with E-state index in [4.69, 9.17) is 4.74 Å². The number of ether oxygens (including phenoxy) is 1. The average molecular weight is 542 g/mol. The number of fused-ring (bicyclic) bond motifs is 7. The van der Waals surface area contributed by atoms with E-state index in [0.717, 1.165) is 56.9 Å². The molecule has 1 unspecified atom stereocenters. The van der Waals surface area contributed by atoms with Gasteiger partial charge in [0.15, 0.2) is 5.78 Å². The van der Waals surface area contributed by atoms with Crippen LogP contribution in [0, 0.1) is 60.9 Å². The molecule has 0 aliphatic heterocycles. The van der Waals surface area contributed by atoms with Gasteiger partial charge in [-0.1, -0.05) is 54.0 Å². The summed E-state index contributed by atoms with van der Waals surface area (Å²) in [6.07, 6.45) is 9.41. The number of carbonyl (C=O) groups is 2. The zero-order chi connectivity index (χ0) is 28.8. The highest BCUT2D eigenvalue weighted by Crippen LogP contribution is 2.77. The fourth-order valence-electron chi connectivity index (χ4n) is 11.7. The predicted molar refractivity (Wildman–Crippen MR) is 151 cm³/mol. The molecule has 218 valence electrons. The van der Waals surface area contributed by atoms with E-state index < -0.39 is 0 Å². The molecule has 0 heterocycles. The molecule has 0 bridgehead atoms. The van der Waals surface area contributed by atoms with Crippen molar-refractivity contribution >= 4 is 11.8 Å². The molecule has 0 radical (unpaired) electrons. The molecular weight excluding hydrogens is 490 g/mol. The van der Waals surface area contributed by atoms with Crippen LogP contribution in [-0.4, -0.2) is 29.3 Å². The summed E-state index contributed by atoms with van der Waals surface area (Å²) in [4.78, 5) is 36.8. The number of Topliss-reactive ketones (excluding diaryl/α,β-unsaturated/α-hetero) is 1. The molecule has 4 fully saturated rings. The Labute approximate surface area is 235 Å². The lowest BCUT2D eigenvalue weighted by Crippen LogP contribution is -2.65. The van der Waals surface area contributed by atoms with Gasteiger partial charge in [-0.05, 0) is 96.9 Å². The van der Waals surface area contributed by atoms with Crippen LogP contribution in [0.1, 0.15) is 120 Å². The maximum absolute atomic E-state index is 13.5. The number of allylic oxidation sites excluding steroid dienone is 2. The lowest BCUT2D eigenvalue weighted by atomic mass is 9.33. The Hall–Kier alpha value is -1.72. The van der Waals surface area contributed by atoms with Gasteiger partial charge in [0.1, 0.15) is 6.10 Å². The molecule has 0 N–H and O–H groups in total. The second-order valence-electron chi connectivity index (χ2n) is 15.7. The molecular formula is C33H51NO5. The van der Waals surface area contributed by atoms with Crippen LogP contribution in [0.25, 0.3) is 0 Å². The predicted octanol–water partition coefficient (Wildman–Crippen LogP) is 7.57. The van der Waals surface area contributed by atoms with E-state index >= 15 is 0 Å². The lowest BCUT2D eigenvalue weighted by molar-refractivity contribution is -0.483. The molecule has 0 amide bonds. The van der Waals surface area contributed by atoms with Crippen LogP contribution in [-0.2, 0) is 14.3 Å². The molecule has 5 rings (SSSR count). The Balaban J connectivity index is 1.54. The van der Waals surface area contributed by atoms with E-state index in [2.05, 4.69) is 48.5 Å². The molecule has 8 atom stereocenters. The van der Waals surface area contributed by atoms with Crippen molar-refractivity contribution in [2.45, 2.75) is 126 Å². The number of hydrogen-bond acceptors (Lipinski definition) is 5. The quantitative estimate of drug-likeness (QED) is 0.204. The van der Waals surface area contributed by atoms with Crippen LogP contribution in [0.2, 0.25) is 0 Å². The number of rotatable bonds is 5. The summed E-state index contributed by atoms with van der Waals surface area (Å²) >= 11 is 0. The second kappa shape index (κ2) is 9.14. The lowest BCUT2D eigenvalue weighted by Gasteiger charge is -2.72. The van der Waals surface area contributed by atoms with E-state index in [1.165, 1.54) is 12.5 Å². The first kappa shape index (κ1) is 28.8. The minimum absolute atomic E-state index is 0.0236. The number of nitro groups is 1. The summed E-state index contributed by atoms with van der Waals surface area (Å²) in [6.45, 7) is 18.0. The molecule has 6 heteroatoms. The molecule has 4 saturated carbocycles. The first-order valence-corrected chi connectivity index (χ1v) is 15.6. The zero-order valence-electron chi connectivity index (χ0n) is 25.7. The minimum Gasteiger partial charge on any atom is -0.462 e. The summed E-state index contributed by atoms with van der Waals surface area (Å²) in [6, 6.07) is 0. The third kappa shape index (κ3) is 3.92. The van der Waals surface area contributed by atoms with Crippen LogP contribution in [0.4, 0.5) is 0 Å². The first-order valence-electron chi connectivity index (χ1n) is 15.6. The van der Waals surface area contributed by atoms with Crippen molar-refractivity contribution in [3.8, 4) is 0 Å². The minimum atomic E-state index is -0.317. The molecule has 5 aliphatic carbocycles. The highest BCUT2D eigenvalue weighted by molar-refractivity contribution is 6.00. The monoisotopic (exact) mass is 541 g/mol. The van der Waals surface area contributed by atoms with Gasteiger partial charge in [0, 0.05) is 35.5 Å². The van der Waals surface area contributed by atoms with Crippen LogP contribution in [0.15, 0.2) is 11.1 Å². The molecule has 0 aromatic carbocycles. The maximum atomic E-state index is 13.5. The van der Waals surface area contributed by atoms with Crippen LogP contribution in [0.3, 0.4) is 0 Å². The maximum Gasteiger partial charge on any atom is 0.302 e. The third-order valence-corrected chi connectivity index (χ3v) is 13.6. The Morgan fingerprint density at radius 3 is 2.28 bits per heavy atom. The van der Waals surface area contributed by atoms with Gasteiger partial charge in [0.2, 0.25) is 6.54 Å². The first-order chi connectivity index (χ1) is 18.0. The molecule has 0 saturated heterocycles. The largest absolute Gasteiger partial charge is 0.462 e. The fourth-order valence-corrected chi connectivity index (χ4v) is 11.7. The Kier molecular flexibility index (Phi) is 6.75. The van der Waals surface area contributed by atoms with Crippen LogP contribution < -0.4 is 0 Å². The van der Waals surface area contributed by atoms with Gasteiger partial charge in [-0.15, -0.1) is 0 Å². The van der Waals surface area contributed by atoms with Gasteiger partial charge >= 0.3 is 5.97 Å². The van der Waals surface area contributed by atoms with E-state index in [0.29, 0.717) is 30.6 Å². The molecule has 6 nitrogen and oxygen atoms in total. The van der Waals surface area contributed by atoms with Crippen molar-refractivity contribution < 1.29 is 19.2 Å². The fraction of sp³-hybridized carbons (Fsp3) is 0.879.